The molecule has 1 amide bonds. The molecule has 0 aromatic carbocycles. The van der Waals surface area contributed by atoms with E-state index in [1.807, 2.05) is 7.11 Å². The van der Waals surface area contributed by atoms with Gasteiger partial charge in [0.2, 0.25) is 6.41 Å². The van der Waals surface area contributed by atoms with Gasteiger partial charge in [-0.15, -0.1) is 0 Å². The van der Waals surface area contributed by atoms with Gasteiger partial charge >= 0.3 is 0 Å². The Morgan fingerprint density at radius 3 is 2.40 bits per heavy atom. The van der Waals surface area contributed by atoms with Crippen molar-refractivity contribution in [1.29, 1.82) is 0 Å². The summed E-state index contributed by atoms with van der Waals surface area (Å²) in [6, 6.07) is 0. The van der Waals surface area contributed by atoms with Crippen LogP contribution in [0, 0.1) is 11.8 Å². The molecule has 3 nitrogen and oxygen atoms in total. The number of nitrogens with one attached hydrogen (secondary N) is 1. The molecular formula is C17H33NO2. The predicted octanol–water partition coefficient (Wildman–Crippen LogP) is 3.94. The lowest BCUT2D eigenvalue weighted by atomic mass is 9.80. The zero-order valence-corrected chi connectivity index (χ0v) is 13.9. The summed E-state index contributed by atoms with van der Waals surface area (Å²) in [5.41, 5.74) is 1.23. The van der Waals surface area contributed by atoms with Gasteiger partial charge in [0.15, 0.2) is 0 Å². The first-order chi connectivity index (χ1) is 9.64. The molecule has 0 radical (unpaired) electrons. The molecule has 0 aromatic rings. The second-order valence-electron chi connectivity index (χ2n) is 5.57. The first kappa shape index (κ1) is 19.2. The van der Waals surface area contributed by atoms with E-state index < -0.39 is 0 Å². The monoisotopic (exact) mass is 283 g/mol. The summed E-state index contributed by atoms with van der Waals surface area (Å²) in [7, 11) is 1.82. The van der Waals surface area contributed by atoms with Crippen LogP contribution in [0.5, 0.6) is 0 Å². The number of ether oxygens (including phenoxy) is 1. The molecule has 0 aliphatic heterocycles. The average Bonchev–Trinajstić information content (AvgIpc) is 2.47. The molecule has 0 heterocycles. The third-order valence-electron chi connectivity index (χ3n) is 4.06. The number of amides is 1. The lowest BCUT2D eigenvalue weighted by Gasteiger charge is -2.31. The zero-order valence-electron chi connectivity index (χ0n) is 13.9. The van der Waals surface area contributed by atoms with Crippen LogP contribution in [0.1, 0.15) is 59.8 Å². The molecule has 0 saturated carbocycles. The third kappa shape index (κ3) is 7.09. The minimum atomic E-state index is 0.328. The van der Waals surface area contributed by atoms with Crippen molar-refractivity contribution in [3.8, 4) is 0 Å². The van der Waals surface area contributed by atoms with Crippen molar-refractivity contribution in [2.75, 3.05) is 13.7 Å². The number of methoxy groups -OCH3 is 1. The van der Waals surface area contributed by atoms with Crippen molar-refractivity contribution in [2.24, 2.45) is 11.8 Å². The van der Waals surface area contributed by atoms with Gasteiger partial charge in [-0.3, -0.25) is 4.79 Å². The van der Waals surface area contributed by atoms with Crippen molar-refractivity contribution < 1.29 is 9.53 Å². The lowest BCUT2D eigenvalue weighted by molar-refractivity contribution is -0.109. The lowest BCUT2D eigenvalue weighted by Crippen LogP contribution is -2.29. The van der Waals surface area contributed by atoms with Crippen LogP contribution >= 0.6 is 0 Å². The molecule has 0 saturated heterocycles. The Hall–Kier alpha value is -0.830. The van der Waals surface area contributed by atoms with Crippen LogP contribution < -0.4 is 5.32 Å². The molecule has 118 valence electrons. The Morgan fingerprint density at radius 1 is 1.25 bits per heavy atom. The SMILES string of the molecule is CCCCC(C(/C=C(\C)CNC=O)CC)C(CC)OC. The molecule has 0 bridgehead atoms. The number of hydrogen-bond acceptors (Lipinski definition) is 2. The van der Waals surface area contributed by atoms with E-state index in [1.54, 1.807) is 0 Å². The fourth-order valence-electron chi connectivity index (χ4n) is 2.93. The maximum absolute atomic E-state index is 10.4. The Kier molecular flexibility index (Phi) is 11.5. The maximum atomic E-state index is 10.4. The van der Waals surface area contributed by atoms with Crippen molar-refractivity contribution in [3.05, 3.63) is 11.6 Å². The van der Waals surface area contributed by atoms with Gasteiger partial charge in [-0.25, -0.2) is 0 Å². The van der Waals surface area contributed by atoms with E-state index in [4.69, 9.17) is 4.74 Å². The molecular weight excluding hydrogens is 250 g/mol. The van der Waals surface area contributed by atoms with Gasteiger partial charge in [-0.05, 0) is 38.0 Å². The summed E-state index contributed by atoms with van der Waals surface area (Å²) < 4.78 is 5.70. The van der Waals surface area contributed by atoms with Crippen LogP contribution in [-0.2, 0) is 9.53 Å². The largest absolute Gasteiger partial charge is 0.381 e. The average molecular weight is 283 g/mol. The number of hydrogen-bond donors (Lipinski definition) is 1. The summed E-state index contributed by atoms with van der Waals surface area (Å²) in [4.78, 5) is 10.4. The highest BCUT2D eigenvalue weighted by Crippen LogP contribution is 2.30. The van der Waals surface area contributed by atoms with Gasteiger partial charge in [-0.2, -0.15) is 0 Å². The molecule has 0 spiro atoms. The van der Waals surface area contributed by atoms with E-state index in [2.05, 4.69) is 39.1 Å². The number of allylic oxidation sites excluding steroid dienone is 1. The van der Waals surface area contributed by atoms with Gasteiger partial charge in [0.1, 0.15) is 0 Å². The van der Waals surface area contributed by atoms with Gasteiger partial charge < -0.3 is 10.1 Å². The number of unbranched alkanes of at least 4 members (excludes halogenated alkanes) is 1. The van der Waals surface area contributed by atoms with Crippen molar-refractivity contribution >= 4 is 6.41 Å². The van der Waals surface area contributed by atoms with E-state index in [-0.39, 0.29) is 0 Å². The highest BCUT2D eigenvalue weighted by Gasteiger charge is 2.25. The molecule has 0 aromatic heterocycles. The fourth-order valence-corrected chi connectivity index (χ4v) is 2.93. The number of carbonyl (C=O) groups is 1. The standard InChI is InChI=1S/C17H33NO2/c1-6-9-10-16(17(8-3)20-5)15(7-2)11-14(4)12-18-13-19/h11,13,15-17H,6-10,12H2,1-5H3,(H,18,19)/b14-11+. The van der Waals surface area contributed by atoms with Crippen molar-refractivity contribution in [2.45, 2.75) is 65.9 Å². The summed E-state index contributed by atoms with van der Waals surface area (Å²) in [5, 5.41) is 2.74. The first-order valence-corrected chi connectivity index (χ1v) is 8.01. The van der Waals surface area contributed by atoms with Crippen LogP contribution in [0.25, 0.3) is 0 Å². The molecule has 0 aliphatic carbocycles. The van der Waals surface area contributed by atoms with E-state index in [9.17, 15) is 4.79 Å². The minimum absolute atomic E-state index is 0.328. The second kappa shape index (κ2) is 12.0. The summed E-state index contributed by atoms with van der Waals surface area (Å²) >= 11 is 0. The Balaban J connectivity index is 4.90. The molecule has 1 N–H and O–H groups in total. The summed E-state index contributed by atoms with van der Waals surface area (Å²) in [6.07, 6.45) is 9.28. The third-order valence-corrected chi connectivity index (χ3v) is 4.06. The highest BCUT2D eigenvalue weighted by atomic mass is 16.5. The minimum Gasteiger partial charge on any atom is -0.381 e. The van der Waals surface area contributed by atoms with Gasteiger partial charge in [0.25, 0.3) is 0 Å². The van der Waals surface area contributed by atoms with Gasteiger partial charge in [0.05, 0.1) is 6.10 Å². The Morgan fingerprint density at radius 2 is 1.95 bits per heavy atom. The molecule has 3 heteroatoms. The van der Waals surface area contributed by atoms with Crippen LogP contribution in [0.15, 0.2) is 11.6 Å². The molecule has 3 atom stereocenters. The number of rotatable bonds is 12. The van der Waals surface area contributed by atoms with Crippen molar-refractivity contribution in [3.63, 3.8) is 0 Å². The normalized spacial score (nSPS) is 16.6. The van der Waals surface area contributed by atoms with E-state index in [0.717, 1.165) is 19.3 Å². The maximum Gasteiger partial charge on any atom is 0.207 e. The van der Waals surface area contributed by atoms with Crippen LogP contribution in [0.4, 0.5) is 0 Å². The number of carbonyl (C=O) groups excluding carboxylic acids is 1. The summed E-state index contributed by atoms with van der Waals surface area (Å²) in [5.74, 6) is 1.10. The molecule has 0 fully saturated rings. The van der Waals surface area contributed by atoms with Crippen LogP contribution in [0.2, 0.25) is 0 Å². The predicted molar refractivity (Wildman–Crippen MR) is 85.7 cm³/mol. The smallest absolute Gasteiger partial charge is 0.207 e. The van der Waals surface area contributed by atoms with Gasteiger partial charge in [-0.1, -0.05) is 45.3 Å². The molecule has 0 rings (SSSR count). The van der Waals surface area contributed by atoms with Crippen LogP contribution in [-0.4, -0.2) is 26.2 Å². The highest BCUT2D eigenvalue weighted by molar-refractivity contribution is 5.46. The van der Waals surface area contributed by atoms with Crippen molar-refractivity contribution in [1.82, 2.24) is 5.32 Å². The molecule has 20 heavy (non-hydrogen) atoms. The second-order valence-corrected chi connectivity index (χ2v) is 5.57. The van der Waals surface area contributed by atoms with Crippen LogP contribution in [0.3, 0.4) is 0 Å². The first-order valence-electron chi connectivity index (χ1n) is 8.01. The zero-order chi connectivity index (χ0) is 15.4. The molecule has 3 unspecified atom stereocenters. The summed E-state index contributed by atoms with van der Waals surface area (Å²) in [6.45, 7) is 9.40. The van der Waals surface area contributed by atoms with E-state index in [1.165, 1.54) is 24.8 Å². The topological polar surface area (TPSA) is 38.3 Å². The Bertz CT molecular complexity index is 272. The fraction of sp³-hybridized carbons (Fsp3) is 0.824. The van der Waals surface area contributed by atoms with Gasteiger partial charge in [0, 0.05) is 13.7 Å². The van der Waals surface area contributed by atoms with E-state index >= 15 is 0 Å². The Labute approximate surface area is 125 Å². The quantitative estimate of drug-likeness (QED) is 0.435. The molecule has 0 aliphatic rings. The van der Waals surface area contributed by atoms with E-state index in [0.29, 0.717) is 24.5 Å².